The number of hydrogen-bond donors (Lipinski definition) is 1. The summed E-state index contributed by atoms with van der Waals surface area (Å²) in [6.07, 6.45) is 5.90. The Kier molecular flexibility index (Phi) is 7.15. The van der Waals surface area contributed by atoms with Gasteiger partial charge in [-0.05, 0) is 18.9 Å². The molecule has 0 aliphatic rings. The van der Waals surface area contributed by atoms with E-state index in [1.165, 1.54) is 5.56 Å². The molecule has 0 saturated carbocycles. The van der Waals surface area contributed by atoms with Gasteiger partial charge in [0.25, 0.3) is 0 Å². The number of halogens is 1. The molecule has 6 nitrogen and oxygen atoms in total. The normalized spacial score (nSPS) is 10.6. The van der Waals surface area contributed by atoms with E-state index in [4.69, 9.17) is 23.7 Å². The van der Waals surface area contributed by atoms with Crippen LogP contribution in [0.5, 0.6) is 0 Å². The number of pyridine rings is 1. The van der Waals surface area contributed by atoms with E-state index < -0.39 is 10.2 Å². The highest BCUT2D eigenvalue weighted by Crippen LogP contribution is 1.97. The van der Waals surface area contributed by atoms with Crippen LogP contribution in [0, 0.1) is 10.2 Å². The van der Waals surface area contributed by atoms with Crippen LogP contribution >= 0.6 is 0 Å². The summed E-state index contributed by atoms with van der Waals surface area (Å²) < 4.78 is 36.0. The molecular formula is C9H14ClNO5. The van der Waals surface area contributed by atoms with Crippen molar-refractivity contribution in [2.75, 3.05) is 6.61 Å². The lowest BCUT2D eigenvalue weighted by Crippen LogP contribution is -2.68. The second-order valence-corrected chi connectivity index (χ2v) is 3.84. The summed E-state index contributed by atoms with van der Waals surface area (Å²) >= 11 is 0. The SMILES string of the molecule is C[n+]1cccc(CCCO)c1.[O-][Cl+3]([O-])([O-])[O-]. The van der Waals surface area contributed by atoms with Gasteiger partial charge in [-0.1, -0.05) is 0 Å². The molecular weight excluding hydrogens is 238 g/mol. The van der Waals surface area contributed by atoms with Crippen LogP contribution in [-0.4, -0.2) is 11.7 Å². The van der Waals surface area contributed by atoms with Crippen molar-refractivity contribution in [3.05, 3.63) is 30.1 Å². The number of rotatable bonds is 3. The lowest BCUT2D eigenvalue weighted by molar-refractivity contribution is -2.00. The molecule has 1 rings (SSSR count). The molecule has 0 spiro atoms. The fourth-order valence-electron chi connectivity index (χ4n) is 1.08. The summed E-state index contributed by atoms with van der Waals surface area (Å²) in [7, 11) is -2.94. The maximum atomic E-state index is 8.59. The largest absolute Gasteiger partial charge is 0.396 e. The van der Waals surface area contributed by atoms with Crippen LogP contribution in [0.3, 0.4) is 0 Å². The Morgan fingerprint density at radius 1 is 1.31 bits per heavy atom. The molecule has 0 atom stereocenters. The first-order valence-electron chi connectivity index (χ1n) is 4.49. The summed E-state index contributed by atoms with van der Waals surface area (Å²) in [6, 6.07) is 4.10. The Morgan fingerprint density at radius 3 is 2.31 bits per heavy atom. The Morgan fingerprint density at radius 2 is 1.88 bits per heavy atom. The summed E-state index contributed by atoms with van der Waals surface area (Å²) in [6.45, 7) is 0.276. The number of aryl methyl sites for hydroxylation is 2. The van der Waals surface area contributed by atoms with Gasteiger partial charge in [0, 0.05) is 18.2 Å². The molecule has 0 radical (unpaired) electrons. The highest BCUT2D eigenvalue weighted by molar-refractivity contribution is 5.04. The van der Waals surface area contributed by atoms with Crippen LogP contribution in [0.4, 0.5) is 0 Å². The van der Waals surface area contributed by atoms with Gasteiger partial charge in [0.15, 0.2) is 12.4 Å². The second-order valence-electron chi connectivity index (χ2n) is 3.08. The van der Waals surface area contributed by atoms with E-state index in [9.17, 15) is 0 Å². The van der Waals surface area contributed by atoms with Gasteiger partial charge in [-0.3, -0.25) is 0 Å². The van der Waals surface area contributed by atoms with Crippen LogP contribution < -0.4 is 23.2 Å². The van der Waals surface area contributed by atoms with E-state index in [1.54, 1.807) is 0 Å². The van der Waals surface area contributed by atoms with Crippen molar-refractivity contribution in [2.24, 2.45) is 7.05 Å². The first-order valence-corrected chi connectivity index (χ1v) is 5.73. The third-order valence-corrected chi connectivity index (χ3v) is 1.62. The van der Waals surface area contributed by atoms with Crippen LogP contribution in [0.2, 0.25) is 0 Å². The van der Waals surface area contributed by atoms with Gasteiger partial charge in [-0.2, -0.15) is 0 Å². The van der Waals surface area contributed by atoms with Gasteiger partial charge in [-0.25, -0.2) is 23.2 Å². The minimum atomic E-state index is -4.94. The van der Waals surface area contributed by atoms with E-state index in [2.05, 4.69) is 12.3 Å². The van der Waals surface area contributed by atoms with Crippen LogP contribution in [0.1, 0.15) is 12.0 Å². The maximum Gasteiger partial charge on any atom is 0.171 e. The van der Waals surface area contributed by atoms with Crippen molar-refractivity contribution in [2.45, 2.75) is 12.8 Å². The molecule has 1 heterocycles. The van der Waals surface area contributed by atoms with Crippen LogP contribution in [-0.2, 0) is 13.5 Å². The molecule has 0 amide bonds. The van der Waals surface area contributed by atoms with Crippen molar-refractivity contribution in [3.8, 4) is 0 Å². The summed E-state index contributed by atoms with van der Waals surface area (Å²) in [5.74, 6) is 0. The molecule has 0 aliphatic heterocycles. The zero-order valence-corrected chi connectivity index (χ0v) is 9.59. The minimum Gasteiger partial charge on any atom is -0.396 e. The van der Waals surface area contributed by atoms with Crippen LogP contribution in [0.25, 0.3) is 0 Å². The molecule has 7 heteroatoms. The van der Waals surface area contributed by atoms with E-state index in [0.29, 0.717) is 0 Å². The van der Waals surface area contributed by atoms with Crippen LogP contribution in [0.15, 0.2) is 24.5 Å². The van der Waals surface area contributed by atoms with Gasteiger partial charge in [0.05, 0.1) is 0 Å². The Balaban J connectivity index is 0.000000385. The predicted molar refractivity (Wildman–Crippen MR) is 43.0 cm³/mol. The van der Waals surface area contributed by atoms with E-state index >= 15 is 0 Å². The first-order chi connectivity index (χ1) is 7.33. The molecule has 92 valence electrons. The third-order valence-electron chi connectivity index (χ3n) is 1.62. The summed E-state index contributed by atoms with van der Waals surface area (Å²) in [5.41, 5.74) is 1.28. The third kappa shape index (κ3) is 11.3. The topological polar surface area (TPSA) is 116 Å². The van der Waals surface area contributed by atoms with Gasteiger partial charge in [-0.15, -0.1) is 10.2 Å². The van der Waals surface area contributed by atoms with E-state index in [-0.39, 0.29) is 6.61 Å². The number of hydrogen-bond acceptors (Lipinski definition) is 5. The van der Waals surface area contributed by atoms with E-state index in [0.717, 1.165) is 12.8 Å². The minimum absolute atomic E-state index is 0.276. The fourth-order valence-corrected chi connectivity index (χ4v) is 1.08. The quantitative estimate of drug-likeness (QED) is 0.546. The van der Waals surface area contributed by atoms with Gasteiger partial charge >= 0.3 is 0 Å². The Bertz CT molecular complexity index is 296. The molecule has 1 N–H and O–H groups in total. The van der Waals surface area contributed by atoms with Crippen molar-refractivity contribution < 1.29 is 38.6 Å². The molecule has 0 aromatic carbocycles. The van der Waals surface area contributed by atoms with Crippen molar-refractivity contribution in [1.29, 1.82) is 0 Å². The zero-order chi connectivity index (χ0) is 12.6. The lowest BCUT2D eigenvalue weighted by Gasteiger charge is -2.17. The van der Waals surface area contributed by atoms with Crippen molar-refractivity contribution >= 4 is 0 Å². The Hall–Kier alpha value is -0.760. The number of aliphatic hydroxyl groups excluding tert-OH is 1. The summed E-state index contributed by atoms with van der Waals surface area (Å²) in [5, 5.41) is 8.59. The molecule has 0 saturated heterocycles. The number of nitrogens with zero attached hydrogens (tertiary/aromatic N) is 1. The average Bonchev–Trinajstić information content (AvgIpc) is 2.12. The van der Waals surface area contributed by atoms with Gasteiger partial charge in [0.2, 0.25) is 0 Å². The van der Waals surface area contributed by atoms with E-state index in [1.807, 2.05) is 23.9 Å². The number of aromatic nitrogens is 1. The van der Waals surface area contributed by atoms with Crippen molar-refractivity contribution in [3.63, 3.8) is 0 Å². The molecule has 16 heavy (non-hydrogen) atoms. The Labute approximate surface area is 95.8 Å². The molecule has 1 aromatic rings. The monoisotopic (exact) mass is 251 g/mol. The predicted octanol–water partition coefficient (Wildman–Crippen LogP) is -4.32. The maximum absolute atomic E-state index is 8.59. The fraction of sp³-hybridized carbons (Fsp3) is 0.444. The van der Waals surface area contributed by atoms with Crippen molar-refractivity contribution in [1.82, 2.24) is 0 Å². The lowest BCUT2D eigenvalue weighted by atomic mass is 10.2. The first kappa shape index (κ1) is 15.2. The highest BCUT2D eigenvalue weighted by atomic mass is 35.7. The smallest absolute Gasteiger partial charge is 0.171 e. The average molecular weight is 252 g/mol. The molecule has 1 aromatic heterocycles. The van der Waals surface area contributed by atoms with Gasteiger partial charge < -0.3 is 5.11 Å². The molecule has 0 fully saturated rings. The number of aliphatic hydroxyl groups is 1. The highest BCUT2D eigenvalue weighted by Gasteiger charge is 1.96. The standard InChI is InChI=1S/C9H14NO.ClHO4/c1-10-6-2-4-9(8-10)5-3-7-11;2-1(3,4)5/h2,4,6,8,11H,3,5,7H2,1H3;(H,2,3,4,5)/q+1;/p-1. The van der Waals surface area contributed by atoms with Gasteiger partial charge in [0.1, 0.15) is 7.05 Å². The second kappa shape index (κ2) is 7.50. The molecule has 0 unspecified atom stereocenters. The molecule has 0 aliphatic carbocycles. The summed E-state index contributed by atoms with van der Waals surface area (Å²) in [4.78, 5) is 0. The molecule has 0 bridgehead atoms. The zero-order valence-electron chi connectivity index (χ0n) is 8.84.